The van der Waals surface area contributed by atoms with Gasteiger partial charge in [0.2, 0.25) is 0 Å². The number of rotatable bonds is 13. The molecule has 0 amide bonds. The van der Waals surface area contributed by atoms with Crippen molar-refractivity contribution in [1.82, 2.24) is 0 Å². The lowest BCUT2D eigenvalue weighted by Gasteiger charge is -2.20. The van der Waals surface area contributed by atoms with E-state index in [0.29, 0.717) is 17.2 Å². The second kappa shape index (κ2) is 11.7. The van der Waals surface area contributed by atoms with Gasteiger partial charge in [-0.05, 0) is 30.7 Å². The molecule has 0 N–H and O–H groups in total. The van der Waals surface area contributed by atoms with Crippen molar-refractivity contribution in [3.63, 3.8) is 0 Å². The molecule has 0 aromatic heterocycles. The van der Waals surface area contributed by atoms with Crippen LogP contribution in [0.15, 0.2) is 54.6 Å². The van der Waals surface area contributed by atoms with Crippen LogP contribution >= 0.6 is 7.37 Å². The first-order valence-electron chi connectivity index (χ1n) is 10.1. The molecule has 0 radical (unpaired) electrons. The standard InChI is InChI=1S/C22H30NO4P/c1-2-3-4-5-6-7-8-12-19-28(26,22-13-10-9-11-14-22)27-21-17-15-20(16-18-21)23(24)25/h9-11,13-18H,2-8,12,19H2,1H3. The first kappa shape index (κ1) is 22.2. The maximum absolute atomic E-state index is 13.6. The van der Waals surface area contributed by atoms with Crippen LogP contribution in [0.2, 0.25) is 0 Å². The Hall–Kier alpha value is -2.13. The zero-order valence-corrected chi connectivity index (χ0v) is 17.5. The number of unbranched alkanes of at least 4 members (excludes halogenated alkanes) is 7. The second-order valence-corrected chi connectivity index (χ2v) is 9.54. The highest BCUT2D eigenvalue weighted by Gasteiger charge is 2.27. The lowest BCUT2D eigenvalue weighted by molar-refractivity contribution is -0.384. The molecule has 2 rings (SSSR count). The molecular formula is C22H30NO4P. The Labute approximate surface area is 167 Å². The van der Waals surface area contributed by atoms with Crippen molar-refractivity contribution in [1.29, 1.82) is 0 Å². The molecule has 0 saturated carbocycles. The van der Waals surface area contributed by atoms with Crippen LogP contribution in [0.5, 0.6) is 5.75 Å². The first-order chi connectivity index (χ1) is 13.5. The highest BCUT2D eigenvalue weighted by molar-refractivity contribution is 7.67. The topological polar surface area (TPSA) is 69.4 Å². The van der Waals surface area contributed by atoms with Gasteiger partial charge in [-0.25, -0.2) is 0 Å². The molecule has 5 nitrogen and oxygen atoms in total. The molecule has 152 valence electrons. The largest absolute Gasteiger partial charge is 0.440 e. The maximum Gasteiger partial charge on any atom is 0.277 e. The Kier molecular flexibility index (Phi) is 9.22. The van der Waals surface area contributed by atoms with Crippen LogP contribution in [0.1, 0.15) is 58.3 Å². The highest BCUT2D eigenvalue weighted by atomic mass is 31.2. The van der Waals surface area contributed by atoms with Crippen LogP contribution in [0.4, 0.5) is 5.69 Å². The predicted octanol–water partition coefficient (Wildman–Crippen LogP) is 6.72. The fraction of sp³-hybridized carbons (Fsp3) is 0.455. The predicted molar refractivity (Wildman–Crippen MR) is 115 cm³/mol. The van der Waals surface area contributed by atoms with Crippen LogP contribution in [0.3, 0.4) is 0 Å². The van der Waals surface area contributed by atoms with Crippen molar-refractivity contribution in [2.45, 2.75) is 58.3 Å². The average molecular weight is 403 g/mol. The van der Waals surface area contributed by atoms with Crippen LogP contribution < -0.4 is 9.83 Å². The van der Waals surface area contributed by atoms with E-state index in [1.807, 2.05) is 30.3 Å². The number of nitrogens with zero attached hydrogens (tertiary/aromatic N) is 1. The summed E-state index contributed by atoms with van der Waals surface area (Å²) < 4.78 is 19.5. The monoisotopic (exact) mass is 403 g/mol. The molecule has 2 aromatic rings. The van der Waals surface area contributed by atoms with Gasteiger partial charge in [0, 0.05) is 23.6 Å². The number of benzene rings is 2. The van der Waals surface area contributed by atoms with E-state index in [2.05, 4.69) is 6.92 Å². The van der Waals surface area contributed by atoms with Gasteiger partial charge in [-0.2, -0.15) is 0 Å². The van der Waals surface area contributed by atoms with Crippen LogP contribution in [0, 0.1) is 10.1 Å². The molecule has 0 aliphatic carbocycles. The van der Waals surface area contributed by atoms with Gasteiger partial charge in [-0.3, -0.25) is 14.7 Å². The Bertz CT molecular complexity index is 762. The third-order valence-corrected chi connectivity index (χ3v) is 7.25. The van der Waals surface area contributed by atoms with Crippen molar-refractivity contribution in [2.24, 2.45) is 0 Å². The van der Waals surface area contributed by atoms with E-state index in [0.717, 1.165) is 19.3 Å². The minimum atomic E-state index is -3.07. The van der Waals surface area contributed by atoms with Crippen LogP contribution in [0.25, 0.3) is 0 Å². The molecule has 1 atom stereocenters. The Morgan fingerprint density at radius 3 is 2.00 bits per heavy atom. The summed E-state index contributed by atoms with van der Waals surface area (Å²) in [5.41, 5.74) is -0.00929. The van der Waals surface area contributed by atoms with Gasteiger partial charge in [-0.15, -0.1) is 0 Å². The Morgan fingerprint density at radius 1 is 0.857 bits per heavy atom. The minimum absolute atomic E-state index is 0.00929. The Morgan fingerprint density at radius 2 is 1.43 bits per heavy atom. The fourth-order valence-corrected chi connectivity index (χ4v) is 5.32. The summed E-state index contributed by atoms with van der Waals surface area (Å²) in [5.74, 6) is 0.400. The van der Waals surface area contributed by atoms with E-state index < -0.39 is 12.3 Å². The summed E-state index contributed by atoms with van der Waals surface area (Å²) in [6, 6.07) is 15.0. The van der Waals surface area contributed by atoms with E-state index in [-0.39, 0.29) is 5.69 Å². The molecule has 0 aliphatic heterocycles. The number of hydrogen-bond acceptors (Lipinski definition) is 4. The lowest BCUT2D eigenvalue weighted by Crippen LogP contribution is -2.12. The number of nitro benzene ring substituents is 1. The van der Waals surface area contributed by atoms with Gasteiger partial charge in [0.15, 0.2) is 0 Å². The molecule has 1 unspecified atom stereocenters. The number of hydrogen-bond donors (Lipinski definition) is 0. The smallest absolute Gasteiger partial charge is 0.277 e. The molecule has 0 saturated heterocycles. The maximum atomic E-state index is 13.6. The summed E-state index contributed by atoms with van der Waals surface area (Å²) in [5, 5.41) is 11.5. The molecule has 6 heteroatoms. The van der Waals surface area contributed by atoms with Gasteiger partial charge < -0.3 is 4.52 Å². The quantitative estimate of drug-likeness (QED) is 0.161. The number of non-ortho nitro benzene ring substituents is 1. The van der Waals surface area contributed by atoms with Crippen molar-refractivity contribution in [3.05, 3.63) is 64.7 Å². The van der Waals surface area contributed by atoms with E-state index in [4.69, 9.17) is 4.52 Å². The normalized spacial score (nSPS) is 13.0. The lowest BCUT2D eigenvalue weighted by atomic mass is 10.1. The second-order valence-electron chi connectivity index (χ2n) is 7.05. The molecule has 0 heterocycles. The molecule has 28 heavy (non-hydrogen) atoms. The van der Waals surface area contributed by atoms with Gasteiger partial charge in [-0.1, -0.05) is 70.1 Å². The first-order valence-corrected chi connectivity index (χ1v) is 11.9. The number of nitro groups is 1. The van der Waals surface area contributed by atoms with Crippen molar-refractivity contribution in [2.75, 3.05) is 6.16 Å². The van der Waals surface area contributed by atoms with Crippen LogP contribution in [-0.4, -0.2) is 11.1 Å². The molecule has 0 fully saturated rings. The molecule has 0 aliphatic rings. The minimum Gasteiger partial charge on any atom is -0.440 e. The van der Waals surface area contributed by atoms with Gasteiger partial charge >= 0.3 is 0 Å². The van der Waals surface area contributed by atoms with Crippen LogP contribution in [-0.2, 0) is 4.57 Å². The van der Waals surface area contributed by atoms with Gasteiger partial charge in [0.05, 0.1) is 4.92 Å². The summed E-state index contributed by atoms with van der Waals surface area (Å²) in [4.78, 5) is 10.4. The zero-order valence-electron chi connectivity index (χ0n) is 16.6. The van der Waals surface area contributed by atoms with Gasteiger partial charge in [0.25, 0.3) is 13.1 Å². The van der Waals surface area contributed by atoms with Crippen molar-refractivity contribution < 1.29 is 14.0 Å². The SMILES string of the molecule is CCCCCCCCCCP(=O)(Oc1ccc([N+](=O)[O-])cc1)c1ccccc1. The molecule has 0 bridgehead atoms. The highest BCUT2D eigenvalue weighted by Crippen LogP contribution is 2.47. The molecule has 2 aromatic carbocycles. The van der Waals surface area contributed by atoms with Crippen molar-refractivity contribution >= 4 is 18.4 Å². The fourth-order valence-electron chi connectivity index (χ4n) is 3.14. The van der Waals surface area contributed by atoms with E-state index >= 15 is 0 Å². The van der Waals surface area contributed by atoms with Gasteiger partial charge in [0.1, 0.15) is 5.75 Å². The third kappa shape index (κ3) is 7.12. The average Bonchev–Trinajstić information content (AvgIpc) is 2.71. The zero-order chi connectivity index (χ0) is 20.2. The summed E-state index contributed by atoms with van der Waals surface area (Å²) in [7, 11) is -3.07. The summed E-state index contributed by atoms with van der Waals surface area (Å²) in [6.07, 6.45) is 9.83. The molecular weight excluding hydrogens is 373 g/mol. The van der Waals surface area contributed by atoms with Crippen molar-refractivity contribution in [3.8, 4) is 5.75 Å². The molecule has 0 spiro atoms. The van der Waals surface area contributed by atoms with E-state index in [1.54, 1.807) is 0 Å². The van der Waals surface area contributed by atoms with E-state index in [1.165, 1.54) is 56.4 Å². The van der Waals surface area contributed by atoms with E-state index in [9.17, 15) is 14.7 Å². The third-order valence-electron chi connectivity index (χ3n) is 4.76. The summed E-state index contributed by atoms with van der Waals surface area (Å²) in [6.45, 7) is 2.21. The summed E-state index contributed by atoms with van der Waals surface area (Å²) >= 11 is 0. The Balaban J connectivity index is 1.97.